The van der Waals surface area contributed by atoms with Crippen LogP contribution in [0.3, 0.4) is 0 Å². The van der Waals surface area contributed by atoms with E-state index in [-0.39, 0.29) is 11.7 Å². The Labute approximate surface area is 144 Å². The van der Waals surface area contributed by atoms with Crippen molar-refractivity contribution in [1.82, 2.24) is 0 Å². The van der Waals surface area contributed by atoms with Crippen LogP contribution < -0.4 is 4.90 Å². The van der Waals surface area contributed by atoms with E-state index < -0.39 is 0 Å². The lowest BCUT2D eigenvalue weighted by atomic mass is 10.0. The zero-order chi connectivity index (χ0) is 16.4. The quantitative estimate of drug-likeness (QED) is 0.810. The standard InChI is InChI=1S/C18H16ClNO2S/c1-2-20(13-6-3-5-12(19)11-13)18(22)15-8-4-7-14-16(21)9-10-23-17(14)15/h3-8,11H,2,9-10H2,1H3. The molecule has 1 heterocycles. The monoisotopic (exact) mass is 345 g/mol. The third-order valence-corrected chi connectivity index (χ3v) is 5.17. The number of hydrogen-bond acceptors (Lipinski definition) is 3. The van der Waals surface area contributed by atoms with E-state index in [1.54, 1.807) is 47.0 Å². The van der Waals surface area contributed by atoms with Crippen LogP contribution in [0.25, 0.3) is 0 Å². The first-order chi connectivity index (χ1) is 11.1. The van der Waals surface area contributed by atoms with Gasteiger partial charge in [0.1, 0.15) is 0 Å². The highest BCUT2D eigenvalue weighted by Crippen LogP contribution is 2.34. The minimum atomic E-state index is -0.103. The van der Waals surface area contributed by atoms with Crippen molar-refractivity contribution in [2.24, 2.45) is 0 Å². The van der Waals surface area contributed by atoms with Gasteiger partial charge in [-0.1, -0.05) is 29.8 Å². The smallest absolute Gasteiger partial charge is 0.259 e. The van der Waals surface area contributed by atoms with Crippen molar-refractivity contribution in [1.29, 1.82) is 0 Å². The molecule has 0 unspecified atom stereocenters. The van der Waals surface area contributed by atoms with Gasteiger partial charge in [-0.3, -0.25) is 9.59 Å². The van der Waals surface area contributed by atoms with Gasteiger partial charge in [-0.2, -0.15) is 0 Å². The maximum absolute atomic E-state index is 13.0. The molecule has 1 aliphatic heterocycles. The van der Waals surface area contributed by atoms with Crippen LogP contribution in [0.4, 0.5) is 5.69 Å². The lowest BCUT2D eigenvalue weighted by Crippen LogP contribution is -2.31. The molecule has 1 aliphatic rings. The van der Waals surface area contributed by atoms with Gasteiger partial charge in [0.15, 0.2) is 5.78 Å². The Morgan fingerprint density at radius 3 is 2.78 bits per heavy atom. The first kappa shape index (κ1) is 16.1. The number of thioether (sulfide) groups is 1. The number of hydrogen-bond donors (Lipinski definition) is 0. The van der Waals surface area contributed by atoms with Gasteiger partial charge in [0, 0.05) is 39.9 Å². The molecule has 0 bridgehead atoms. The number of ketones is 1. The van der Waals surface area contributed by atoms with Crippen molar-refractivity contribution in [2.45, 2.75) is 18.2 Å². The van der Waals surface area contributed by atoms with Gasteiger partial charge in [0.25, 0.3) is 5.91 Å². The average Bonchev–Trinajstić information content (AvgIpc) is 2.55. The normalized spacial score (nSPS) is 13.6. The molecule has 2 aromatic rings. The van der Waals surface area contributed by atoms with Crippen molar-refractivity contribution in [3.8, 4) is 0 Å². The number of benzene rings is 2. The summed E-state index contributed by atoms with van der Waals surface area (Å²) in [6.45, 7) is 2.45. The van der Waals surface area contributed by atoms with Crippen LogP contribution >= 0.6 is 23.4 Å². The van der Waals surface area contributed by atoms with Crippen LogP contribution in [-0.4, -0.2) is 24.0 Å². The summed E-state index contributed by atoms with van der Waals surface area (Å²) in [6.07, 6.45) is 0.529. The first-order valence-corrected chi connectivity index (χ1v) is 8.84. The van der Waals surface area contributed by atoms with E-state index in [1.807, 2.05) is 19.1 Å². The Hall–Kier alpha value is -1.78. The average molecular weight is 346 g/mol. The van der Waals surface area contributed by atoms with Gasteiger partial charge >= 0.3 is 0 Å². The number of amides is 1. The summed E-state index contributed by atoms with van der Waals surface area (Å²) in [4.78, 5) is 27.6. The van der Waals surface area contributed by atoms with Crippen LogP contribution in [-0.2, 0) is 0 Å². The van der Waals surface area contributed by atoms with Gasteiger partial charge in [0.05, 0.1) is 5.56 Å². The zero-order valence-electron chi connectivity index (χ0n) is 12.7. The molecule has 0 atom stereocenters. The van der Waals surface area contributed by atoms with Crippen molar-refractivity contribution in [3.05, 3.63) is 58.6 Å². The molecule has 3 rings (SSSR count). The number of carbonyl (C=O) groups is 2. The number of Topliss-reactive ketones (excluding diaryl/α,β-unsaturated/α-hetero) is 1. The second kappa shape index (κ2) is 6.77. The van der Waals surface area contributed by atoms with E-state index in [0.717, 1.165) is 16.3 Å². The minimum Gasteiger partial charge on any atom is -0.309 e. The number of carbonyl (C=O) groups excluding carboxylic acids is 2. The van der Waals surface area contributed by atoms with Crippen molar-refractivity contribution < 1.29 is 9.59 Å². The van der Waals surface area contributed by atoms with Gasteiger partial charge in [-0.15, -0.1) is 11.8 Å². The van der Waals surface area contributed by atoms with Gasteiger partial charge in [-0.05, 0) is 31.2 Å². The SMILES string of the molecule is CCN(C(=O)c1cccc2c1SCCC2=O)c1cccc(Cl)c1. The Bertz CT molecular complexity index is 775. The Balaban J connectivity index is 2.02. The largest absolute Gasteiger partial charge is 0.309 e. The predicted molar refractivity (Wildman–Crippen MR) is 94.9 cm³/mol. The molecule has 0 radical (unpaired) electrons. The lowest BCUT2D eigenvalue weighted by molar-refractivity contribution is 0.0982. The molecule has 0 aromatic heterocycles. The van der Waals surface area contributed by atoms with Crippen LogP contribution in [0.2, 0.25) is 5.02 Å². The summed E-state index contributed by atoms with van der Waals surface area (Å²) in [5, 5.41) is 0.591. The van der Waals surface area contributed by atoms with Gasteiger partial charge in [0.2, 0.25) is 0 Å². The molecule has 0 saturated heterocycles. The molecular weight excluding hydrogens is 330 g/mol. The van der Waals surface area contributed by atoms with Crippen molar-refractivity contribution in [2.75, 3.05) is 17.2 Å². The predicted octanol–water partition coefficient (Wildman–Crippen LogP) is 4.69. The lowest BCUT2D eigenvalue weighted by Gasteiger charge is -2.24. The van der Waals surface area contributed by atoms with E-state index in [2.05, 4.69) is 0 Å². The van der Waals surface area contributed by atoms with E-state index in [1.165, 1.54) is 0 Å². The number of rotatable bonds is 3. The number of anilines is 1. The number of fused-ring (bicyclic) bond motifs is 1. The van der Waals surface area contributed by atoms with Crippen molar-refractivity contribution >= 4 is 40.7 Å². The summed E-state index contributed by atoms with van der Waals surface area (Å²) in [5.41, 5.74) is 2.01. The van der Waals surface area contributed by atoms with Crippen molar-refractivity contribution in [3.63, 3.8) is 0 Å². The summed E-state index contributed by atoms with van der Waals surface area (Å²) in [7, 11) is 0. The Morgan fingerprint density at radius 2 is 2.04 bits per heavy atom. The topological polar surface area (TPSA) is 37.4 Å². The van der Waals surface area contributed by atoms with Crippen LogP contribution in [0.1, 0.15) is 34.1 Å². The fourth-order valence-electron chi connectivity index (χ4n) is 2.69. The molecule has 5 heteroatoms. The van der Waals surface area contributed by atoms with Gasteiger partial charge < -0.3 is 4.90 Å². The molecule has 1 amide bonds. The highest BCUT2D eigenvalue weighted by Gasteiger charge is 2.26. The summed E-state index contributed by atoms with van der Waals surface area (Å²) in [5.74, 6) is 0.729. The summed E-state index contributed by atoms with van der Waals surface area (Å²) < 4.78 is 0. The van der Waals surface area contributed by atoms with E-state index in [0.29, 0.717) is 29.1 Å². The Morgan fingerprint density at radius 1 is 1.26 bits per heavy atom. The minimum absolute atomic E-state index is 0.103. The highest BCUT2D eigenvalue weighted by atomic mass is 35.5. The van der Waals surface area contributed by atoms with Crippen LogP contribution in [0, 0.1) is 0 Å². The molecule has 0 spiro atoms. The molecule has 118 valence electrons. The van der Waals surface area contributed by atoms with Crippen LogP contribution in [0.5, 0.6) is 0 Å². The second-order valence-corrected chi connectivity index (χ2v) is 6.77. The zero-order valence-corrected chi connectivity index (χ0v) is 14.3. The molecule has 0 saturated carbocycles. The molecule has 2 aromatic carbocycles. The van der Waals surface area contributed by atoms with Gasteiger partial charge in [-0.25, -0.2) is 0 Å². The molecular formula is C18H16ClNO2S. The first-order valence-electron chi connectivity index (χ1n) is 7.48. The number of halogens is 1. The number of nitrogens with zero attached hydrogens (tertiary/aromatic N) is 1. The third-order valence-electron chi connectivity index (χ3n) is 3.80. The van der Waals surface area contributed by atoms with E-state index in [9.17, 15) is 9.59 Å². The molecule has 3 nitrogen and oxygen atoms in total. The van der Waals surface area contributed by atoms with Crippen LogP contribution in [0.15, 0.2) is 47.4 Å². The third kappa shape index (κ3) is 3.14. The fourth-order valence-corrected chi connectivity index (χ4v) is 4.02. The molecule has 0 fully saturated rings. The molecule has 23 heavy (non-hydrogen) atoms. The Kier molecular flexibility index (Phi) is 4.74. The maximum Gasteiger partial charge on any atom is 0.259 e. The molecule has 0 aliphatic carbocycles. The molecule has 0 N–H and O–H groups in total. The highest BCUT2D eigenvalue weighted by molar-refractivity contribution is 7.99. The van der Waals surface area contributed by atoms with E-state index >= 15 is 0 Å². The summed E-state index contributed by atoms with van der Waals surface area (Å²) >= 11 is 7.62. The van der Waals surface area contributed by atoms with E-state index in [4.69, 9.17) is 11.6 Å². The second-order valence-electron chi connectivity index (χ2n) is 5.23. The fraction of sp³-hybridized carbons (Fsp3) is 0.222. The summed E-state index contributed by atoms with van der Waals surface area (Å²) in [6, 6.07) is 12.6. The maximum atomic E-state index is 13.0.